The third-order valence-corrected chi connectivity index (χ3v) is 5.44. The lowest BCUT2D eigenvalue weighted by atomic mass is 9.99. The summed E-state index contributed by atoms with van der Waals surface area (Å²) in [5.74, 6) is 0.673. The van der Waals surface area contributed by atoms with Crippen molar-refractivity contribution in [1.82, 2.24) is 14.3 Å². The number of nitrogens with zero attached hydrogens (tertiary/aromatic N) is 3. The van der Waals surface area contributed by atoms with Gasteiger partial charge in [-0.05, 0) is 25.0 Å². The van der Waals surface area contributed by atoms with E-state index in [0.29, 0.717) is 18.8 Å². The predicted molar refractivity (Wildman–Crippen MR) is 85.5 cm³/mol. The Balaban J connectivity index is 1.82. The van der Waals surface area contributed by atoms with Gasteiger partial charge >= 0.3 is 0 Å². The minimum atomic E-state index is -3.60. The lowest BCUT2D eigenvalue weighted by molar-refractivity contribution is 0.532. The normalized spacial score (nSPS) is 18.3. The van der Waals surface area contributed by atoms with Gasteiger partial charge in [-0.1, -0.05) is 18.2 Å². The van der Waals surface area contributed by atoms with E-state index in [9.17, 15) is 8.42 Å². The van der Waals surface area contributed by atoms with Crippen molar-refractivity contribution in [2.45, 2.75) is 24.4 Å². The summed E-state index contributed by atoms with van der Waals surface area (Å²) in [7, 11) is 0.164. The van der Waals surface area contributed by atoms with E-state index < -0.39 is 10.0 Å². The second-order valence-corrected chi connectivity index (χ2v) is 7.43. The monoisotopic (exact) mass is 320 g/mol. The number of fused-ring (bicyclic) bond motifs is 1. The standard InChI is InChI=1S/C15H20N4O2S/c1-11-16-15(10-18(11)2)22(20,21)17-13-8-12-6-4-5-7-14(12)19(3)9-13/h4-7,10,13,17H,8-9H2,1-3H3/t13-/m0/s1. The molecule has 1 aliphatic rings. The first-order chi connectivity index (χ1) is 10.4. The van der Waals surface area contributed by atoms with E-state index >= 15 is 0 Å². The zero-order valence-corrected chi connectivity index (χ0v) is 13.8. The number of hydrogen-bond donors (Lipinski definition) is 1. The van der Waals surface area contributed by atoms with Crippen LogP contribution < -0.4 is 9.62 Å². The Morgan fingerprint density at radius 1 is 1.27 bits per heavy atom. The third kappa shape index (κ3) is 2.74. The number of sulfonamides is 1. The molecular formula is C15H20N4O2S. The van der Waals surface area contributed by atoms with E-state index in [1.54, 1.807) is 18.5 Å². The van der Waals surface area contributed by atoms with E-state index in [1.165, 1.54) is 6.20 Å². The summed E-state index contributed by atoms with van der Waals surface area (Å²) in [6.07, 6.45) is 2.23. The lowest BCUT2D eigenvalue weighted by Gasteiger charge is -2.33. The summed E-state index contributed by atoms with van der Waals surface area (Å²) in [4.78, 5) is 6.19. The quantitative estimate of drug-likeness (QED) is 0.918. The smallest absolute Gasteiger partial charge is 0.259 e. The molecule has 0 fully saturated rings. The van der Waals surface area contributed by atoms with Gasteiger partial charge in [0, 0.05) is 38.6 Å². The zero-order chi connectivity index (χ0) is 15.9. The van der Waals surface area contributed by atoms with Crippen molar-refractivity contribution in [3.8, 4) is 0 Å². The molecule has 1 aromatic carbocycles. The zero-order valence-electron chi connectivity index (χ0n) is 12.9. The van der Waals surface area contributed by atoms with Crippen LogP contribution in [0.4, 0.5) is 5.69 Å². The number of aromatic nitrogens is 2. The van der Waals surface area contributed by atoms with Crippen molar-refractivity contribution in [1.29, 1.82) is 0 Å². The molecule has 0 saturated heterocycles. The molecule has 6 nitrogen and oxygen atoms in total. The van der Waals surface area contributed by atoms with Gasteiger partial charge < -0.3 is 9.47 Å². The van der Waals surface area contributed by atoms with Crippen LogP contribution in [0.2, 0.25) is 0 Å². The summed E-state index contributed by atoms with van der Waals surface area (Å²) < 4.78 is 29.4. The Labute approximate surface area is 130 Å². The van der Waals surface area contributed by atoms with Crippen molar-refractivity contribution in [2.24, 2.45) is 7.05 Å². The highest BCUT2D eigenvalue weighted by atomic mass is 32.2. The highest BCUT2D eigenvalue weighted by molar-refractivity contribution is 7.89. The molecule has 2 aromatic rings. The number of imidazole rings is 1. The summed E-state index contributed by atoms with van der Waals surface area (Å²) in [6, 6.07) is 7.91. The molecule has 0 spiro atoms. The van der Waals surface area contributed by atoms with Crippen LogP contribution in [0.1, 0.15) is 11.4 Å². The molecule has 1 aromatic heterocycles. The molecule has 0 aliphatic carbocycles. The summed E-state index contributed by atoms with van der Waals surface area (Å²) >= 11 is 0. The van der Waals surface area contributed by atoms with Crippen molar-refractivity contribution < 1.29 is 8.42 Å². The first-order valence-corrected chi connectivity index (χ1v) is 8.66. The van der Waals surface area contributed by atoms with Crippen molar-refractivity contribution in [3.63, 3.8) is 0 Å². The molecule has 2 heterocycles. The molecule has 22 heavy (non-hydrogen) atoms. The van der Waals surface area contributed by atoms with Gasteiger partial charge in [-0.15, -0.1) is 0 Å². The van der Waals surface area contributed by atoms with E-state index in [2.05, 4.69) is 20.7 Å². The van der Waals surface area contributed by atoms with E-state index in [-0.39, 0.29) is 11.1 Å². The minimum Gasteiger partial charge on any atom is -0.373 e. The number of likely N-dealkylation sites (N-methyl/N-ethyl adjacent to an activating group) is 1. The Hall–Kier alpha value is -1.86. The average molecular weight is 320 g/mol. The topological polar surface area (TPSA) is 67.2 Å². The first-order valence-electron chi connectivity index (χ1n) is 7.18. The highest BCUT2D eigenvalue weighted by Crippen LogP contribution is 2.26. The molecule has 7 heteroatoms. The van der Waals surface area contributed by atoms with E-state index in [1.807, 2.05) is 25.2 Å². The molecule has 3 rings (SSSR count). The van der Waals surface area contributed by atoms with Gasteiger partial charge in [0.1, 0.15) is 5.82 Å². The van der Waals surface area contributed by atoms with Crippen LogP contribution in [0, 0.1) is 6.92 Å². The largest absolute Gasteiger partial charge is 0.373 e. The van der Waals surface area contributed by atoms with E-state index in [0.717, 1.165) is 11.3 Å². The molecule has 0 amide bonds. The van der Waals surface area contributed by atoms with Gasteiger partial charge in [0.05, 0.1) is 0 Å². The molecule has 0 radical (unpaired) electrons. The molecule has 1 atom stereocenters. The molecule has 0 unspecified atom stereocenters. The van der Waals surface area contributed by atoms with Crippen LogP contribution in [0.15, 0.2) is 35.5 Å². The minimum absolute atomic E-state index is 0.0778. The van der Waals surface area contributed by atoms with Crippen LogP contribution in [-0.4, -0.2) is 37.6 Å². The van der Waals surface area contributed by atoms with Gasteiger partial charge in [-0.2, -0.15) is 0 Å². The molecule has 0 saturated carbocycles. The summed E-state index contributed by atoms with van der Waals surface area (Å²) in [5.41, 5.74) is 2.31. The van der Waals surface area contributed by atoms with Gasteiger partial charge in [0.2, 0.25) is 0 Å². The molecule has 118 valence electrons. The highest BCUT2D eigenvalue weighted by Gasteiger charge is 2.28. The number of nitrogens with one attached hydrogen (secondary N) is 1. The van der Waals surface area contributed by atoms with Gasteiger partial charge in [-0.25, -0.2) is 18.1 Å². The maximum absolute atomic E-state index is 12.5. The fourth-order valence-electron chi connectivity index (χ4n) is 2.83. The van der Waals surface area contributed by atoms with Crippen molar-refractivity contribution in [2.75, 3.05) is 18.5 Å². The first kappa shape index (κ1) is 15.1. The number of benzene rings is 1. The fourth-order valence-corrected chi connectivity index (χ4v) is 4.10. The molecule has 1 aliphatic heterocycles. The summed E-state index contributed by atoms with van der Waals surface area (Å²) in [5, 5.41) is 0.0778. The number of para-hydroxylation sites is 1. The van der Waals surface area contributed by atoms with Crippen molar-refractivity contribution >= 4 is 15.7 Å². The van der Waals surface area contributed by atoms with Gasteiger partial charge in [0.25, 0.3) is 10.0 Å². The number of anilines is 1. The van der Waals surface area contributed by atoms with Crippen LogP contribution in [0.5, 0.6) is 0 Å². The third-order valence-electron chi connectivity index (χ3n) is 4.05. The average Bonchev–Trinajstić information content (AvgIpc) is 2.79. The van der Waals surface area contributed by atoms with Crippen LogP contribution in [0.3, 0.4) is 0 Å². The van der Waals surface area contributed by atoms with Gasteiger partial charge in [-0.3, -0.25) is 0 Å². The number of aryl methyl sites for hydroxylation is 2. The Kier molecular flexibility index (Phi) is 3.70. The Morgan fingerprint density at radius 3 is 2.68 bits per heavy atom. The Morgan fingerprint density at radius 2 is 2.00 bits per heavy atom. The number of hydrogen-bond acceptors (Lipinski definition) is 4. The SMILES string of the molecule is Cc1nc(S(=O)(=O)N[C@H]2Cc3ccccc3N(C)C2)cn1C. The van der Waals surface area contributed by atoms with Crippen LogP contribution in [-0.2, 0) is 23.5 Å². The molecule has 0 bridgehead atoms. The van der Waals surface area contributed by atoms with Crippen molar-refractivity contribution in [3.05, 3.63) is 41.9 Å². The lowest BCUT2D eigenvalue weighted by Crippen LogP contribution is -2.47. The van der Waals surface area contributed by atoms with Gasteiger partial charge in [0.15, 0.2) is 5.03 Å². The predicted octanol–water partition coefficient (Wildman–Crippen LogP) is 1.07. The number of rotatable bonds is 3. The van der Waals surface area contributed by atoms with E-state index in [4.69, 9.17) is 0 Å². The van der Waals surface area contributed by atoms with Crippen LogP contribution >= 0.6 is 0 Å². The second kappa shape index (κ2) is 5.40. The maximum atomic E-state index is 12.5. The second-order valence-electron chi connectivity index (χ2n) is 5.77. The molecular weight excluding hydrogens is 300 g/mol. The van der Waals surface area contributed by atoms with Crippen LogP contribution in [0.25, 0.3) is 0 Å². The Bertz CT molecular complexity index is 778. The fraction of sp³-hybridized carbons (Fsp3) is 0.400. The molecule has 1 N–H and O–H groups in total. The summed E-state index contributed by atoms with van der Waals surface area (Å²) in [6.45, 7) is 2.42. The maximum Gasteiger partial charge on any atom is 0.259 e.